The molecule has 1 atom stereocenters. The highest BCUT2D eigenvalue weighted by molar-refractivity contribution is 7.80. The number of para-hydroxylation sites is 2. The van der Waals surface area contributed by atoms with E-state index in [0.29, 0.717) is 33.8 Å². The Bertz CT molecular complexity index is 1120. The summed E-state index contributed by atoms with van der Waals surface area (Å²) >= 11 is 5.40. The molecule has 1 fully saturated rings. The minimum absolute atomic E-state index is 0.180. The number of carbonyl (C=O) groups excluding carboxylic acids is 1. The number of amides is 1. The van der Waals surface area contributed by atoms with Gasteiger partial charge in [-0.25, -0.2) is 0 Å². The highest BCUT2D eigenvalue weighted by Gasteiger charge is 2.35. The molecule has 7 heteroatoms. The molecule has 1 amide bonds. The summed E-state index contributed by atoms with van der Waals surface area (Å²) in [6.07, 6.45) is 1.65. The molecule has 2 heterocycles. The first-order chi connectivity index (χ1) is 15.1. The molecule has 1 N–H and O–H groups in total. The third kappa shape index (κ3) is 4.46. The molecule has 0 aliphatic carbocycles. The Morgan fingerprint density at radius 1 is 1.06 bits per heavy atom. The maximum Gasteiger partial charge on any atom is 0.277 e. The van der Waals surface area contributed by atoms with E-state index >= 15 is 0 Å². The molecule has 0 radical (unpaired) electrons. The van der Waals surface area contributed by atoms with Crippen LogP contribution in [-0.2, 0) is 11.4 Å². The maximum absolute atomic E-state index is 13.0. The minimum Gasteiger partial charge on any atom is -0.493 e. The second-order valence-electron chi connectivity index (χ2n) is 6.99. The lowest BCUT2D eigenvalue weighted by molar-refractivity contribution is -0.123. The molecule has 31 heavy (non-hydrogen) atoms. The van der Waals surface area contributed by atoms with Crippen LogP contribution in [0.2, 0.25) is 0 Å². The third-order valence-electron chi connectivity index (χ3n) is 4.99. The van der Waals surface area contributed by atoms with Crippen molar-refractivity contribution in [1.29, 1.82) is 0 Å². The van der Waals surface area contributed by atoms with Gasteiger partial charge in [-0.05, 0) is 49.0 Å². The Morgan fingerprint density at radius 3 is 2.52 bits per heavy atom. The molecule has 158 valence electrons. The van der Waals surface area contributed by atoms with Crippen molar-refractivity contribution in [2.24, 2.45) is 0 Å². The van der Waals surface area contributed by atoms with Crippen molar-refractivity contribution in [2.75, 3.05) is 7.11 Å². The second-order valence-corrected chi connectivity index (χ2v) is 7.38. The van der Waals surface area contributed by atoms with Gasteiger partial charge in [0.15, 0.2) is 16.6 Å². The molecule has 1 aliphatic heterocycles. The van der Waals surface area contributed by atoms with Crippen LogP contribution in [-0.4, -0.2) is 23.0 Å². The number of nitrogens with one attached hydrogen (secondary N) is 1. The highest BCUT2D eigenvalue weighted by Crippen LogP contribution is 2.28. The Labute approximate surface area is 186 Å². The van der Waals surface area contributed by atoms with Crippen LogP contribution in [0.4, 0.5) is 0 Å². The maximum atomic E-state index is 13.0. The predicted octanol–water partition coefficient (Wildman–Crippen LogP) is 4.69. The van der Waals surface area contributed by atoms with Crippen LogP contribution in [0.15, 0.2) is 76.8 Å². The van der Waals surface area contributed by atoms with Gasteiger partial charge in [-0.1, -0.05) is 42.5 Å². The number of rotatable bonds is 7. The fraction of sp³-hybridized carbons (Fsp3) is 0.167. The minimum atomic E-state index is -0.190. The van der Waals surface area contributed by atoms with E-state index in [1.54, 1.807) is 24.2 Å². The molecule has 2 aromatic carbocycles. The van der Waals surface area contributed by atoms with E-state index < -0.39 is 0 Å². The normalized spacial score (nSPS) is 15.8. The van der Waals surface area contributed by atoms with Gasteiger partial charge in [0, 0.05) is 6.08 Å². The molecule has 3 aromatic rings. The molecule has 1 saturated heterocycles. The summed E-state index contributed by atoms with van der Waals surface area (Å²) in [5.74, 6) is 2.25. The van der Waals surface area contributed by atoms with E-state index in [9.17, 15) is 4.79 Å². The molecule has 0 bridgehead atoms. The van der Waals surface area contributed by atoms with Gasteiger partial charge in [0.05, 0.1) is 13.2 Å². The molecular formula is C24H22N2O4S. The topological polar surface area (TPSA) is 63.9 Å². The Balaban J connectivity index is 1.45. The molecule has 1 aliphatic rings. The number of thiocarbonyl (C=S) groups is 1. The number of methoxy groups -OCH3 is 1. The monoisotopic (exact) mass is 434 g/mol. The van der Waals surface area contributed by atoms with Crippen LogP contribution >= 0.6 is 12.2 Å². The van der Waals surface area contributed by atoms with Crippen molar-refractivity contribution in [3.8, 4) is 11.5 Å². The average molecular weight is 435 g/mol. The van der Waals surface area contributed by atoms with Gasteiger partial charge in [0.2, 0.25) is 0 Å². The van der Waals surface area contributed by atoms with Gasteiger partial charge in [-0.15, -0.1) is 0 Å². The zero-order valence-electron chi connectivity index (χ0n) is 17.2. The largest absolute Gasteiger partial charge is 0.493 e. The van der Waals surface area contributed by atoms with Gasteiger partial charge in [-0.3, -0.25) is 9.69 Å². The summed E-state index contributed by atoms with van der Waals surface area (Å²) in [5, 5.41) is 3.37. The van der Waals surface area contributed by atoms with Gasteiger partial charge >= 0.3 is 0 Å². The third-order valence-corrected chi connectivity index (χ3v) is 5.29. The van der Waals surface area contributed by atoms with Crippen LogP contribution in [0.1, 0.15) is 30.0 Å². The molecule has 1 aromatic heterocycles. The molecule has 4 rings (SSSR count). The number of carbonyl (C=O) groups is 1. The molecule has 0 saturated carbocycles. The van der Waals surface area contributed by atoms with E-state index in [0.717, 1.165) is 5.56 Å². The molecule has 0 spiro atoms. The lowest BCUT2D eigenvalue weighted by Crippen LogP contribution is -2.33. The first-order valence-electron chi connectivity index (χ1n) is 9.82. The zero-order chi connectivity index (χ0) is 21.8. The molecule has 6 nitrogen and oxygen atoms in total. The van der Waals surface area contributed by atoms with E-state index in [-0.39, 0.29) is 18.6 Å². The standard InChI is InChI=1S/C24H22N2O4S/c1-16(17-8-4-3-5-9-17)26-23(27)20(25-24(26)31)14-18-12-13-19(30-18)15-29-22-11-7-6-10-21(22)28-2/h3-14,16H,15H2,1-2H3,(H,25,31)/b20-14-. The smallest absolute Gasteiger partial charge is 0.277 e. The summed E-state index contributed by atoms with van der Waals surface area (Å²) < 4.78 is 16.9. The molecule has 1 unspecified atom stereocenters. The lowest BCUT2D eigenvalue weighted by Gasteiger charge is -2.23. The van der Waals surface area contributed by atoms with Crippen LogP contribution < -0.4 is 14.8 Å². The Hall–Kier alpha value is -3.58. The summed E-state index contributed by atoms with van der Waals surface area (Å²) in [6, 6.07) is 20.6. The number of hydrogen-bond donors (Lipinski definition) is 1. The van der Waals surface area contributed by atoms with Crippen LogP contribution in [0, 0.1) is 0 Å². The van der Waals surface area contributed by atoms with Gasteiger partial charge in [0.25, 0.3) is 5.91 Å². The summed E-state index contributed by atoms with van der Waals surface area (Å²) in [7, 11) is 1.59. The second kappa shape index (κ2) is 9.06. The summed E-state index contributed by atoms with van der Waals surface area (Å²) in [4.78, 5) is 14.5. The van der Waals surface area contributed by atoms with Crippen LogP contribution in [0.5, 0.6) is 11.5 Å². The van der Waals surface area contributed by atoms with E-state index in [1.165, 1.54) is 0 Å². The van der Waals surface area contributed by atoms with Gasteiger partial charge in [-0.2, -0.15) is 0 Å². The van der Waals surface area contributed by atoms with E-state index in [4.69, 9.17) is 26.1 Å². The van der Waals surface area contributed by atoms with Crippen molar-refractivity contribution < 1.29 is 18.7 Å². The van der Waals surface area contributed by atoms with Crippen molar-refractivity contribution in [3.05, 3.63) is 89.5 Å². The zero-order valence-corrected chi connectivity index (χ0v) is 18.0. The van der Waals surface area contributed by atoms with Gasteiger partial charge < -0.3 is 19.2 Å². The Kier molecular flexibility index (Phi) is 6.04. The number of hydrogen-bond acceptors (Lipinski definition) is 5. The highest BCUT2D eigenvalue weighted by atomic mass is 32.1. The van der Waals surface area contributed by atoms with E-state index in [1.807, 2.05) is 67.6 Å². The number of nitrogens with zero attached hydrogens (tertiary/aromatic N) is 1. The predicted molar refractivity (Wildman–Crippen MR) is 121 cm³/mol. The van der Waals surface area contributed by atoms with Crippen molar-refractivity contribution in [3.63, 3.8) is 0 Å². The SMILES string of the molecule is COc1ccccc1OCc1ccc(/C=C2\NC(=S)N(C(C)c3ccccc3)C2=O)o1. The van der Waals surface area contributed by atoms with Crippen molar-refractivity contribution in [1.82, 2.24) is 10.2 Å². The fourth-order valence-electron chi connectivity index (χ4n) is 3.36. The fourth-order valence-corrected chi connectivity index (χ4v) is 3.71. The first kappa shape index (κ1) is 20.7. The van der Waals surface area contributed by atoms with Crippen molar-refractivity contribution in [2.45, 2.75) is 19.6 Å². The summed E-state index contributed by atoms with van der Waals surface area (Å²) in [5.41, 5.74) is 1.38. The van der Waals surface area contributed by atoms with E-state index in [2.05, 4.69) is 5.32 Å². The Morgan fingerprint density at radius 2 is 1.77 bits per heavy atom. The number of ether oxygens (including phenoxy) is 2. The average Bonchev–Trinajstić information content (AvgIpc) is 3.36. The summed E-state index contributed by atoms with van der Waals surface area (Å²) in [6.45, 7) is 2.19. The number of benzene rings is 2. The van der Waals surface area contributed by atoms with Crippen molar-refractivity contribution >= 4 is 29.3 Å². The number of furan rings is 1. The van der Waals surface area contributed by atoms with Crippen LogP contribution in [0.25, 0.3) is 6.08 Å². The molecular weight excluding hydrogens is 412 g/mol. The van der Waals surface area contributed by atoms with Crippen LogP contribution in [0.3, 0.4) is 0 Å². The first-order valence-corrected chi connectivity index (χ1v) is 10.2. The quantitative estimate of drug-likeness (QED) is 0.430. The van der Waals surface area contributed by atoms with Gasteiger partial charge in [0.1, 0.15) is 23.8 Å². The lowest BCUT2D eigenvalue weighted by atomic mass is 10.1.